The Balaban J connectivity index is 2.00. The summed E-state index contributed by atoms with van der Waals surface area (Å²) in [7, 11) is 3.24. The van der Waals surface area contributed by atoms with Crippen molar-refractivity contribution in [2.75, 3.05) is 14.2 Å². The van der Waals surface area contributed by atoms with Gasteiger partial charge in [0.15, 0.2) is 0 Å². The molecule has 1 amide bonds. The number of amides is 1. The van der Waals surface area contributed by atoms with E-state index in [1.54, 1.807) is 14.2 Å². The standard InChI is InChI=1S/C18H21NO3/c1-13-8-9-17(22-3)15(10-13)11-18(20)19-12-14-6-4-5-7-16(14)21-2/h4-10H,11-12H2,1-3H3,(H,19,20). The maximum atomic E-state index is 12.2. The summed E-state index contributed by atoms with van der Waals surface area (Å²) in [5.41, 5.74) is 2.95. The minimum Gasteiger partial charge on any atom is -0.496 e. The highest BCUT2D eigenvalue weighted by Gasteiger charge is 2.10. The number of carbonyl (C=O) groups excluding carboxylic acids is 1. The largest absolute Gasteiger partial charge is 0.496 e. The summed E-state index contributed by atoms with van der Waals surface area (Å²) in [4.78, 5) is 12.2. The van der Waals surface area contributed by atoms with Crippen LogP contribution < -0.4 is 14.8 Å². The molecule has 0 aliphatic heterocycles. The predicted octanol–water partition coefficient (Wildman–Crippen LogP) is 2.87. The lowest BCUT2D eigenvalue weighted by atomic mass is 10.1. The van der Waals surface area contributed by atoms with Crippen molar-refractivity contribution in [3.8, 4) is 11.5 Å². The molecule has 0 saturated carbocycles. The molecule has 0 spiro atoms. The monoisotopic (exact) mass is 299 g/mol. The maximum Gasteiger partial charge on any atom is 0.224 e. The van der Waals surface area contributed by atoms with Gasteiger partial charge in [0.1, 0.15) is 11.5 Å². The second kappa shape index (κ2) is 7.50. The van der Waals surface area contributed by atoms with Crippen molar-refractivity contribution in [1.82, 2.24) is 5.32 Å². The lowest BCUT2D eigenvalue weighted by molar-refractivity contribution is -0.120. The van der Waals surface area contributed by atoms with E-state index in [0.717, 1.165) is 28.2 Å². The Kier molecular flexibility index (Phi) is 5.42. The molecule has 0 atom stereocenters. The van der Waals surface area contributed by atoms with Gasteiger partial charge in [-0.1, -0.05) is 35.9 Å². The predicted molar refractivity (Wildman–Crippen MR) is 86.3 cm³/mol. The number of rotatable bonds is 6. The quantitative estimate of drug-likeness (QED) is 0.892. The summed E-state index contributed by atoms with van der Waals surface area (Å²) < 4.78 is 10.6. The Labute approximate surface area is 131 Å². The minimum absolute atomic E-state index is 0.0465. The Morgan fingerprint density at radius 3 is 2.41 bits per heavy atom. The summed E-state index contributed by atoms with van der Waals surface area (Å²) >= 11 is 0. The molecule has 116 valence electrons. The summed E-state index contributed by atoms with van der Waals surface area (Å²) in [5, 5.41) is 2.92. The smallest absolute Gasteiger partial charge is 0.224 e. The van der Waals surface area contributed by atoms with E-state index in [9.17, 15) is 4.79 Å². The number of hydrogen-bond acceptors (Lipinski definition) is 3. The van der Waals surface area contributed by atoms with Gasteiger partial charge in [0.25, 0.3) is 0 Å². The molecule has 0 bridgehead atoms. The highest BCUT2D eigenvalue weighted by atomic mass is 16.5. The molecule has 0 aromatic heterocycles. The van der Waals surface area contributed by atoms with E-state index < -0.39 is 0 Å². The van der Waals surface area contributed by atoms with Crippen molar-refractivity contribution in [3.05, 3.63) is 59.2 Å². The zero-order valence-electron chi connectivity index (χ0n) is 13.2. The van der Waals surface area contributed by atoms with Crippen molar-refractivity contribution in [2.45, 2.75) is 19.9 Å². The lowest BCUT2D eigenvalue weighted by Gasteiger charge is -2.11. The first-order valence-corrected chi connectivity index (χ1v) is 7.16. The highest BCUT2D eigenvalue weighted by Crippen LogP contribution is 2.20. The average molecular weight is 299 g/mol. The summed E-state index contributed by atoms with van der Waals surface area (Å²) in [6, 6.07) is 13.5. The fraction of sp³-hybridized carbons (Fsp3) is 0.278. The summed E-state index contributed by atoms with van der Waals surface area (Å²) in [6.45, 7) is 2.44. The van der Waals surface area contributed by atoms with Crippen LogP contribution in [0.3, 0.4) is 0 Å². The SMILES string of the molecule is COc1ccccc1CNC(=O)Cc1cc(C)ccc1OC. The molecule has 0 aliphatic carbocycles. The van der Waals surface area contributed by atoms with E-state index in [1.807, 2.05) is 49.4 Å². The van der Waals surface area contributed by atoms with Gasteiger partial charge < -0.3 is 14.8 Å². The van der Waals surface area contributed by atoms with Crippen LogP contribution in [0.4, 0.5) is 0 Å². The first kappa shape index (κ1) is 15.9. The number of hydrogen-bond donors (Lipinski definition) is 1. The maximum absolute atomic E-state index is 12.2. The topological polar surface area (TPSA) is 47.6 Å². The van der Waals surface area contributed by atoms with E-state index in [4.69, 9.17) is 9.47 Å². The fourth-order valence-electron chi connectivity index (χ4n) is 2.32. The molecule has 2 aromatic carbocycles. The highest BCUT2D eigenvalue weighted by molar-refractivity contribution is 5.79. The van der Waals surface area contributed by atoms with E-state index >= 15 is 0 Å². The van der Waals surface area contributed by atoms with Crippen molar-refractivity contribution in [3.63, 3.8) is 0 Å². The van der Waals surface area contributed by atoms with Crippen LogP contribution in [0.15, 0.2) is 42.5 Å². The molecule has 2 aromatic rings. The summed E-state index contributed by atoms with van der Waals surface area (Å²) in [5.74, 6) is 1.46. The van der Waals surface area contributed by atoms with Gasteiger partial charge in [0.05, 0.1) is 20.6 Å². The number of nitrogens with one attached hydrogen (secondary N) is 1. The van der Waals surface area contributed by atoms with Crippen LogP contribution in [0.2, 0.25) is 0 Å². The molecule has 0 saturated heterocycles. The van der Waals surface area contributed by atoms with Crippen LogP contribution in [0.1, 0.15) is 16.7 Å². The van der Waals surface area contributed by atoms with Gasteiger partial charge in [0, 0.05) is 17.7 Å². The Morgan fingerprint density at radius 2 is 1.68 bits per heavy atom. The molecular weight excluding hydrogens is 278 g/mol. The van der Waals surface area contributed by atoms with Crippen LogP contribution in [0.25, 0.3) is 0 Å². The molecule has 0 unspecified atom stereocenters. The second-order valence-electron chi connectivity index (χ2n) is 5.08. The molecule has 0 fully saturated rings. The molecule has 0 aliphatic rings. The Bertz CT molecular complexity index is 653. The molecule has 4 nitrogen and oxygen atoms in total. The van der Waals surface area contributed by atoms with Crippen LogP contribution >= 0.6 is 0 Å². The zero-order chi connectivity index (χ0) is 15.9. The second-order valence-corrected chi connectivity index (χ2v) is 5.08. The average Bonchev–Trinajstić information content (AvgIpc) is 2.53. The zero-order valence-corrected chi connectivity index (χ0v) is 13.2. The van der Waals surface area contributed by atoms with Gasteiger partial charge in [-0.15, -0.1) is 0 Å². The number of ether oxygens (including phenoxy) is 2. The first-order chi connectivity index (χ1) is 10.6. The van der Waals surface area contributed by atoms with Crippen LogP contribution in [-0.4, -0.2) is 20.1 Å². The Morgan fingerprint density at radius 1 is 1.00 bits per heavy atom. The van der Waals surface area contributed by atoms with E-state index in [2.05, 4.69) is 5.32 Å². The van der Waals surface area contributed by atoms with Gasteiger partial charge in [-0.2, -0.15) is 0 Å². The third-order valence-electron chi connectivity index (χ3n) is 3.46. The Hall–Kier alpha value is -2.49. The molecule has 1 N–H and O–H groups in total. The fourth-order valence-corrected chi connectivity index (χ4v) is 2.32. The normalized spacial score (nSPS) is 10.1. The number of benzene rings is 2. The van der Waals surface area contributed by atoms with Crippen molar-refractivity contribution < 1.29 is 14.3 Å². The van der Waals surface area contributed by atoms with Gasteiger partial charge in [-0.05, 0) is 19.1 Å². The molecular formula is C18H21NO3. The molecule has 0 heterocycles. The third kappa shape index (κ3) is 4.01. The van der Waals surface area contributed by atoms with Crippen LogP contribution in [-0.2, 0) is 17.8 Å². The number of methoxy groups -OCH3 is 2. The van der Waals surface area contributed by atoms with Gasteiger partial charge in [-0.25, -0.2) is 0 Å². The van der Waals surface area contributed by atoms with Crippen molar-refractivity contribution in [2.24, 2.45) is 0 Å². The van der Waals surface area contributed by atoms with Crippen LogP contribution in [0, 0.1) is 6.92 Å². The van der Waals surface area contributed by atoms with Gasteiger partial charge in [0.2, 0.25) is 5.91 Å². The molecule has 22 heavy (non-hydrogen) atoms. The number of carbonyl (C=O) groups is 1. The lowest BCUT2D eigenvalue weighted by Crippen LogP contribution is -2.25. The first-order valence-electron chi connectivity index (χ1n) is 7.16. The van der Waals surface area contributed by atoms with E-state index in [-0.39, 0.29) is 5.91 Å². The minimum atomic E-state index is -0.0465. The van der Waals surface area contributed by atoms with Crippen molar-refractivity contribution >= 4 is 5.91 Å². The van der Waals surface area contributed by atoms with Crippen molar-refractivity contribution in [1.29, 1.82) is 0 Å². The van der Waals surface area contributed by atoms with Crippen LogP contribution in [0.5, 0.6) is 11.5 Å². The molecule has 2 rings (SSSR count). The van der Waals surface area contributed by atoms with Gasteiger partial charge in [-0.3, -0.25) is 4.79 Å². The van der Waals surface area contributed by atoms with E-state index in [0.29, 0.717) is 13.0 Å². The third-order valence-corrected chi connectivity index (χ3v) is 3.46. The molecule has 4 heteroatoms. The molecule has 0 radical (unpaired) electrons. The number of para-hydroxylation sites is 1. The number of aryl methyl sites for hydroxylation is 1. The summed E-state index contributed by atoms with van der Waals surface area (Å²) in [6.07, 6.45) is 0.292. The van der Waals surface area contributed by atoms with Gasteiger partial charge >= 0.3 is 0 Å². The van der Waals surface area contributed by atoms with E-state index in [1.165, 1.54) is 0 Å².